The average molecular weight is 463 g/mol. The molecule has 1 aromatic carbocycles. The van der Waals surface area contributed by atoms with Gasteiger partial charge < -0.3 is 21.1 Å². The van der Waals surface area contributed by atoms with Crippen LogP contribution in [0.1, 0.15) is 59.2 Å². The normalized spacial score (nSPS) is 31.6. The van der Waals surface area contributed by atoms with Gasteiger partial charge in [-0.15, -0.1) is 0 Å². The monoisotopic (exact) mass is 462 g/mol. The van der Waals surface area contributed by atoms with E-state index in [1.807, 2.05) is 0 Å². The molecule has 6 rings (SSSR count). The molecule has 5 N–H and O–H groups in total. The summed E-state index contributed by atoms with van der Waals surface area (Å²) in [5.74, 6) is -0.165. The lowest BCUT2D eigenvalue weighted by molar-refractivity contribution is -0.00812. The molecule has 1 heterocycles. The van der Waals surface area contributed by atoms with E-state index in [0.717, 1.165) is 44.6 Å². The molecule has 1 amide bonds. The first-order chi connectivity index (χ1) is 15.2. The van der Waals surface area contributed by atoms with Crippen molar-refractivity contribution >= 4 is 27.6 Å². The Morgan fingerprint density at radius 1 is 1.03 bits per heavy atom. The first kappa shape index (κ1) is 21.7. The maximum absolute atomic E-state index is 13.7. The second-order valence-electron chi connectivity index (χ2n) is 10.1. The van der Waals surface area contributed by atoms with Crippen molar-refractivity contribution in [1.29, 1.82) is 0 Å². The molecule has 4 saturated carbocycles. The Kier molecular flexibility index (Phi) is 5.22. The molecule has 0 aromatic heterocycles. The quantitative estimate of drug-likeness (QED) is 0.483. The number of hydrogen-bond donors (Lipinski definition) is 4. The largest absolute Gasteiger partial charge is 0.478 e. The Hall–Kier alpha value is -2.17. The van der Waals surface area contributed by atoms with Crippen LogP contribution in [-0.2, 0) is 10.0 Å². The second-order valence-corrected chi connectivity index (χ2v) is 11.7. The fourth-order valence-electron chi connectivity index (χ4n) is 6.79. The molecule has 174 valence electrons. The zero-order chi connectivity index (χ0) is 22.7. The Morgan fingerprint density at radius 3 is 2.12 bits per heavy atom. The summed E-state index contributed by atoms with van der Waals surface area (Å²) in [5, 5.41) is 12.7. The van der Waals surface area contributed by atoms with Gasteiger partial charge >= 0.3 is 5.97 Å². The van der Waals surface area contributed by atoms with Gasteiger partial charge in [-0.05, 0) is 68.4 Å². The fraction of sp³-hybridized carbons (Fsp3) is 0.636. The van der Waals surface area contributed by atoms with Crippen molar-refractivity contribution in [2.75, 3.05) is 31.9 Å². The second kappa shape index (κ2) is 7.71. The third kappa shape index (κ3) is 3.78. The van der Waals surface area contributed by atoms with E-state index < -0.39 is 27.4 Å². The number of benzene rings is 1. The summed E-state index contributed by atoms with van der Waals surface area (Å²) in [7, 11) is -4.14. The van der Waals surface area contributed by atoms with Crippen LogP contribution >= 0.6 is 0 Å². The van der Waals surface area contributed by atoms with E-state index in [1.54, 1.807) is 4.90 Å². The maximum Gasteiger partial charge on any atom is 0.337 e. The highest BCUT2D eigenvalue weighted by atomic mass is 32.2. The highest BCUT2D eigenvalue weighted by Gasteiger charge is 2.52. The average Bonchev–Trinajstić information content (AvgIpc) is 2.71. The number of sulfonamides is 1. The highest BCUT2D eigenvalue weighted by Crippen LogP contribution is 2.56. The summed E-state index contributed by atoms with van der Waals surface area (Å²) >= 11 is 0. The van der Waals surface area contributed by atoms with Gasteiger partial charge in [-0.1, -0.05) is 0 Å². The van der Waals surface area contributed by atoms with Crippen molar-refractivity contribution in [3.05, 3.63) is 23.3 Å². The van der Waals surface area contributed by atoms with E-state index in [9.17, 15) is 23.1 Å². The third-order valence-electron chi connectivity index (χ3n) is 7.70. The lowest BCUT2D eigenvalue weighted by atomic mass is 9.53. The molecule has 4 bridgehead atoms. The molecule has 9 nitrogen and oxygen atoms in total. The summed E-state index contributed by atoms with van der Waals surface area (Å²) in [6.45, 7) is 2.12. The Balaban J connectivity index is 1.54. The van der Waals surface area contributed by atoms with Crippen LogP contribution in [0.2, 0.25) is 0 Å². The van der Waals surface area contributed by atoms with Crippen LogP contribution in [0.15, 0.2) is 17.0 Å². The molecular weight excluding hydrogens is 432 g/mol. The van der Waals surface area contributed by atoms with Gasteiger partial charge in [0.25, 0.3) is 5.91 Å². The van der Waals surface area contributed by atoms with E-state index in [4.69, 9.17) is 5.73 Å². The van der Waals surface area contributed by atoms with Gasteiger partial charge in [-0.2, -0.15) is 0 Å². The number of aromatic carboxylic acids is 1. The molecule has 4 aliphatic carbocycles. The van der Waals surface area contributed by atoms with E-state index >= 15 is 0 Å². The van der Waals surface area contributed by atoms with Gasteiger partial charge in [0.15, 0.2) is 0 Å². The van der Waals surface area contributed by atoms with E-state index in [2.05, 4.69) is 10.0 Å². The summed E-state index contributed by atoms with van der Waals surface area (Å²) in [5.41, 5.74) is 4.91. The predicted octanol–water partition coefficient (Wildman–Crippen LogP) is 1.26. The first-order valence-corrected chi connectivity index (χ1v) is 12.8. The molecular formula is C22H30N4O5S. The number of carboxylic acid groups (broad SMARTS) is 1. The molecule has 0 spiro atoms. The number of carbonyl (C=O) groups excluding carboxylic acids is 1. The molecule has 0 unspecified atom stereocenters. The minimum absolute atomic E-state index is 0.0633. The van der Waals surface area contributed by atoms with Crippen molar-refractivity contribution < 1.29 is 23.1 Å². The van der Waals surface area contributed by atoms with Crippen LogP contribution in [0.5, 0.6) is 0 Å². The van der Waals surface area contributed by atoms with Gasteiger partial charge in [0.05, 0.1) is 16.0 Å². The molecule has 5 fully saturated rings. The van der Waals surface area contributed by atoms with Crippen LogP contribution in [0, 0.1) is 17.8 Å². The molecule has 0 radical (unpaired) electrons. The third-order valence-corrected chi connectivity index (χ3v) is 9.31. The number of carbonyl (C=O) groups is 2. The van der Waals surface area contributed by atoms with Crippen LogP contribution in [0.4, 0.5) is 5.69 Å². The zero-order valence-electron chi connectivity index (χ0n) is 18.0. The predicted molar refractivity (Wildman–Crippen MR) is 118 cm³/mol. The molecule has 1 aromatic rings. The Morgan fingerprint density at radius 2 is 1.59 bits per heavy atom. The number of carboxylic acids is 1. The maximum atomic E-state index is 13.7. The summed E-state index contributed by atoms with van der Waals surface area (Å²) < 4.78 is 30.3. The summed E-state index contributed by atoms with van der Waals surface area (Å²) in [6, 6.07) is 2.26. The van der Waals surface area contributed by atoms with E-state index in [1.165, 1.54) is 6.07 Å². The van der Waals surface area contributed by atoms with Crippen LogP contribution < -0.4 is 15.8 Å². The van der Waals surface area contributed by atoms with Gasteiger partial charge in [0, 0.05) is 37.4 Å². The molecule has 1 aliphatic heterocycles. The summed E-state index contributed by atoms with van der Waals surface area (Å²) in [4.78, 5) is 26.3. The molecule has 1 saturated heterocycles. The smallest absolute Gasteiger partial charge is 0.337 e. The standard InChI is InChI=1S/C22H30N4O5S/c23-18-8-17(20(27)26-3-1-24-2-4-26)19(9-16(18)21(28)29)32(30,31)25-22-10-13-5-14(11-22)7-15(6-13)12-22/h8-9,13-15,24-25H,1-7,10-12,23H2,(H,28,29). The number of rotatable bonds is 5. The molecule has 32 heavy (non-hydrogen) atoms. The number of piperazine rings is 1. The fourth-order valence-corrected chi connectivity index (χ4v) is 8.42. The SMILES string of the molecule is Nc1cc(C(=O)N2CCNCC2)c(S(=O)(=O)NC23CC4CC(CC(C4)C2)C3)cc1C(=O)O. The molecule has 5 aliphatic rings. The zero-order valence-corrected chi connectivity index (χ0v) is 18.8. The lowest BCUT2D eigenvalue weighted by Gasteiger charge is -2.56. The first-order valence-electron chi connectivity index (χ1n) is 11.4. The molecule has 10 heteroatoms. The van der Waals surface area contributed by atoms with Gasteiger partial charge in [-0.3, -0.25) is 4.79 Å². The number of amides is 1. The van der Waals surface area contributed by atoms with Crippen LogP contribution in [0.25, 0.3) is 0 Å². The van der Waals surface area contributed by atoms with Crippen molar-refractivity contribution in [2.24, 2.45) is 17.8 Å². The van der Waals surface area contributed by atoms with Crippen molar-refractivity contribution in [3.8, 4) is 0 Å². The van der Waals surface area contributed by atoms with Crippen LogP contribution in [-0.4, -0.2) is 62.0 Å². The lowest BCUT2D eigenvalue weighted by Crippen LogP contribution is -2.59. The number of anilines is 1. The van der Waals surface area contributed by atoms with Gasteiger partial charge in [-0.25, -0.2) is 17.9 Å². The van der Waals surface area contributed by atoms with Crippen molar-refractivity contribution in [1.82, 2.24) is 14.9 Å². The number of nitrogens with zero attached hydrogens (tertiary/aromatic N) is 1. The number of nitrogens with one attached hydrogen (secondary N) is 2. The topological polar surface area (TPSA) is 142 Å². The van der Waals surface area contributed by atoms with Crippen LogP contribution in [0.3, 0.4) is 0 Å². The Bertz CT molecular complexity index is 1030. The van der Waals surface area contributed by atoms with Crippen molar-refractivity contribution in [2.45, 2.75) is 49.0 Å². The minimum Gasteiger partial charge on any atom is -0.478 e. The summed E-state index contributed by atoms with van der Waals surface area (Å²) in [6.07, 6.45) is 5.91. The number of nitrogens with two attached hydrogens (primary N) is 1. The Labute approximate surface area is 187 Å². The molecule has 0 atom stereocenters. The van der Waals surface area contributed by atoms with Gasteiger partial charge in [0.2, 0.25) is 10.0 Å². The minimum atomic E-state index is -4.14. The van der Waals surface area contributed by atoms with E-state index in [0.29, 0.717) is 43.9 Å². The van der Waals surface area contributed by atoms with Gasteiger partial charge in [0.1, 0.15) is 0 Å². The number of hydrogen-bond acceptors (Lipinski definition) is 6. The van der Waals surface area contributed by atoms with E-state index in [-0.39, 0.29) is 21.7 Å². The highest BCUT2D eigenvalue weighted by molar-refractivity contribution is 7.89. The van der Waals surface area contributed by atoms with Crippen molar-refractivity contribution in [3.63, 3.8) is 0 Å². The number of nitrogen functional groups attached to an aromatic ring is 1.